The Labute approximate surface area is 214 Å². The average molecular weight is 508 g/mol. The molecule has 2 aromatic rings. The Hall–Kier alpha value is -3.47. The van der Waals surface area contributed by atoms with Crippen molar-refractivity contribution in [3.63, 3.8) is 0 Å². The zero-order chi connectivity index (χ0) is 25.5. The number of aryl methyl sites for hydroxylation is 2. The molecule has 35 heavy (non-hydrogen) atoms. The minimum absolute atomic E-state index is 0.0504. The first-order chi connectivity index (χ1) is 16.7. The lowest BCUT2D eigenvalue weighted by Crippen LogP contribution is -2.29. The van der Waals surface area contributed by atoms with E-state index in [0.717, 1.165) is 16.7 Å². The van der Waals surface area contributed by atoms with E-state index in [1.54, 1.807) is 31.2 Å². The fraction of sp³-hybridized carbons (Fsp3) is 0.222. The number of hydrogen-bond acceptors (Lipinski definition) is 6. The lowest BCUT2D eigenvalue weighted by atomic mass is 9.82. The van der Waals surface area contributed by atoms with Gasteiger partial charge in [0.2, 0.25) is 5.91 Å². The summed E-state index contributed by atoms with van der Waals surface area (Å²) in [6.45, 7) is 9.37. The summed E-state index contributed by atoms with van der Waals surface area (Å²) in [5.41, 5.74) is 4.87. The van der Waals surface area contributed by atoms with Crippen LogP contribution < -0.4 is 10.6 Å². The quantitative estimate of drug-likeness (QED) is 0.349. The Morgan fingerprint density at radius 3 is 2.54 bits per heavy atom. The van der Waals surface area contributed by atoms with Crippen molar-refractivity contribution in [2.24, 2.45) is 0 Å². The summed E-state index contributed by atoms with van der Waals surface area (Å²) in [4.78, 5) is 25.5. The number of amides is 1. The van der Waals surface area contributed by atoms with Gasteiger partial charge in [-0.3, -0.25) is 4.79 Å². The van der Waals surface area contributed by atoms with Crippen LogP contribution in [0.25, 0.3) is 0 Å². The topological polar surface area (TPSA) is 91.2 Å². The van der Waals surface area contributed by atoms with E-state index in [9.17, 15) is 14.9 Å². The minimum atomic E-state index is -0.666. The molecule has 0 radical (unpaired) electrons. The average Bonchev–Trinajstić information content (AvgIpc) is 2.83. The maximum absolute atomic E-state index is 12.9. The van der Waals surface area contributed by atoms with Gasteiger partial charge in [-0.2, -0.15) is 5.26 Å². The van der Waals surface area contributed by atoms with Gasteiger partial charge < -0.3 is 15.4 Å². The number of nitrogens with one attached hydrogen (secondary N) is 2. The molecule has 6 nitrogen and oxygen atoms in total. The van der Waals surface area contributed by atoms with Crippen molar-refractivity contribution in [1.82, 2.24) is 5.32 Å². The van der Waals surface area contributed by atoms with Crippen molar-refractivity contribution in [3.8, 4) is 6.07 Å². The first kappa shape index (κ1) is 26.1. The highest BCUT2D eigenvalue weighted by Gasteiger charge is 2.35. The molecule has 1 atom stereocenters. The molecule has 1 aliphatic rings. The van der Waals surface area contributed by atoms with Gasteiger partial charge in [-0.25, -0.2) is 4.79 Å². The molecular formula is C27H26ClN3O3S. The standard InChI is InChI=1S/C27H26ClN3O3S/c1-5-12-34-27(33)24-18(4)30-26(22(14-29)25(24)19-7-9-20(28)10-8-19)35-15-23(32)31-21-11-6-16(2)17(3)13-21/h5-11,13,25,30H,1,12,15H2,2-4H3,(H,31,32)/t25-/m1/s1. The monoisotopic (exact) mass is 507 g/mol. The molecule has 1 amide bonds. The number of carbonyl (C=O) groups is 2. The second-order valence-corrected chi connectivity index (χ2v) is 9.45. The van der Waals surface area contributed by atoms with Crippen molar-refractivity contribution < 1.29 is 14.3 Å². The number of nitriles is 1. The van der Waals surface area contributed by atoms with Gasteiger partial charge in [-0.15, -0.1) is 0 Å². The number of nitrogens with zero attached hydrogens (tertiary/aromatic N) is 1. The largest absolute Gasteiger partial charge is 0.458 e. The van der Waals surface area contributed by atoms with Crippen LogP contribution in [-0.4, -0.2) is 24.2 Å². The molecule has 3 rings (SSSR count). The number of esters is 1. The van der Waals surface area contributed by atoms with Crippen LogP contribution in [0.3, 0.4) is 0 Å². The van der Waals surface area contributed by atoms with Crippen molar-refractivity contribution in [2.45, 2.75) is 26.7 Å². The van der Waals surface area contributed by atoms with E-state index in [4.69, 9.17) is 16.3 Å². The number of thioether (sulfide) groups is 1. The van der Waals surface area contributed by atoms with Gasteiger partial charge >= 0.3 is 5.97 Å². The first-order valence-corrected chi connectivity index (χ1v) is 12.3. The number of benzene rings is 2. The summed E-state index contributed by atoms with van der Waals surface area (Å²) >= 11 is 7.27. The molecule has 180 valence electrons. The van der Waals surface area contributed by atoms with Crippen molar-refractivity contribution in [1.29, 1.82) is 5.26 Å². The van der Waals surface area contributed by atoms with Gasteiger partial charge in [0, 0.05) is 16.4 Å². The molecule has 1 aliphatic heterocycles. The smallest absolute Gasteiger partial charge is 0.337 e. The summed E-state index contributed by atoms with van der Waals surface area (Å²) in [6.07, 6.45) is 1.48. The molecule has 0 unspecified atom stereocenters. The van der Waals surface area contributed by atoms with E-state index in [1.165, 1.54) is 17.8 Å². The Kier molecular flexibility index (Phi) is 8.80. The van der Waals surface area contributed by atoms with E-state index >= 15 is 0 Å². The van der Waals surface area contributed by atoms with Gasteiger partial charge in [-0.1, -0.05) is 54.2 Å². The third-order valence-electron chi connectivity index (χ3n) is 5.54. The molecule has 0 saturated heterocycles. The number of hydrogen-bond donors (Lipinski definition) is 2. The Bertz CT molecular complexity index is 1260. The molecule has 2 aromatic carbocycles. The molecule has 2 N–H and O–H groups in total. The highest BCUT2D eigenvalue weighted by Crippen LogP contribution is 2.41. The molecule has 1 heterocycles. The van der Waals surface area contributed by atoms with Gasteiger partial charge in [0.25, 0.3) is 0 Å². The first-order valence-electron chi connectivity index (χ1n) is 10.9. The predicted molar refractivity (Wildman–Crippen MR) is 141 cm³/mol. The second-order valence-electron chi connectivity index (χ2n) is 8.03. The Morgan fingerprint density at radius 1 is 1.20 bits per heavy atom. The highest BCUT2D eigenvalue weighted by atomic mass is 35.5. The summed E-state index contributed by atoms with van der Waals surface area (Å²) in [7, 11) is 0. The normalized spacial score (nSPS) is 15.2. The van der Waals surface area contributed by atoms with Crippen LogP contribution in [0, 0.1) is 25.2 Å². The molecule has 0 aromatic heterocycles. The molecule has 0 bridgehead atoms. The number of carbonyl (C=O) groups excluding carboxylic acids is 2. The number of anilines is 1. The lowest BCUT2D eigenvalue weighted by molar-refractivity contribution is -0.138. The number of allylic oxidation sites excluding steroid dienone is 2. The molecular weight excluding hydrogens is 482 g/mol. The van der Waals surface area contributed by atoms with Gasteiger partial charge in [0.05, 0.1) is 33.9 Å². The highest BCUT2D eigenvalue weighted by molar-refractivity contribution is 8.03. The van der Waals surface area contributed by atoms with Crippen LogP contribution in [-0.2, 0) is 14.3 Å². The van der Waals surface area contributed by atoms with Crippen LogP contribution in [0.4, 0.5) is 5.69 Å². The predicted octanol–water partition coefficient (Wildman–Crippen LogP) is 5.75. The molecule has 0 spiro atoms. The zero-order valence-electron chi connectivity index (χ0n) is 19.8. The van der Waals surface area contributed by atoms with Gasteiger partial charge in [-0.05, 0) is 61.7 Å². The van der Waals surface area contributed by atoms with Crippen LogP contribution in [0.1, 0.15) is 29.5 Å². The molecule has 0 fully saturated rings. The van der Waals surface area contributed by atoms with Crippen LogP contribution in [0.5, 0.6) is 0 Å². The van der Waals surface area contributed by atoms with Crippen molar-refractivity contribution in [3.05, 3.63) is 98.7 Å². The van der Waals surface area contributed by atoms with Gasteiger partial charge in [0.1, 0.15) is 6.61 Å². The lowest BCUT2D eigenvalue weighted by Gasteiger charge is -2.29. The van der Waals surface area contributed by atoms with Crippen LogP contribution in [0.2, 0.25) is 5.02 Å². The molecule has 0 aliphatic carbocycles. The third-order valence-corrected chi connectivity index (χ3v) is 6.81. The second kappa shape index (κ2) is 11.8. The summed E-state index contributed by atoms with van der Waals surface area (Å²) in [5.74, 6) is -1.33. The van der Waals surface area contributed by atoms with Crippen molar-refractivity contribution >= 4 is 40.9 Å². The summed E-state index contributed by atoms with van der Waals surface area (Å²) in [5, 5.41) is 17.2. The Balaban J connectivity index is 1.88. The maximum atomic E-state index is 12.9. The summed E-state index contributed by atoms with van der Waals surface area (Å²) in [6, 6.07) is 14.9. The fourth-order valence-corrected chi connectivity index (χ4v) is 4.67. The van der Waals surface area contributed by atoms with Crippen LogP contribution in [0.15, 0.2) is 77.0 Å². The summed E-state index contributed by atoms with van der Waals surface area (Å²) < 4.78 is 5.30. The Morgan fingerprint density at radius 2 is 1.91 bits per heavy atom. The molecule has 8 heteroatoms. The van der Waals surface area contributed by atoms with E-state index in [2.05, 4.69) is 23.3 Å². The zero-order valence-corrected chi connectivity index (χ0v) is 21.3. The van der Waals surface area contributed by atoms with E-state index in [1.807, 2.05) is 32.0 Å². The van der Waals surface area contributed by atoms with E-state index < -0.39 is 11.9 Å². The number of ether oxygens (including phenoxy) is 1. The fourth-order valence-electron chi connectivity index (χ4n) is 3.65. The number of halogens is 1. The van der Waals surface area contributed by atoms with E-state index in [0.29, 0.717) is 32.6 Å². The minimum Gasteiger partial charge on any atom is -0.458 e. The van der Waals surface area contributed by atoms with Crippen LogP contribution >= 0.6 is 23.4 Å². The van der Waals surface area contributed by atoms with Gasteiger partial charge in [0.15, 0.2) is 0 Å². The number of dihydropyridines is 1. The third kappa shape index (κ3) is 6.36. The molecule has 0 saturated carbocycles. The van der Waals surface area contributed by atoms with E-state index in [-0.39, 0.29) is 18.3 Å². The maximum Gasteiger partial charge on any atom is 0.337 e. The number of rotatable bonds is 8. The SMILES string of the molecule is C=CCOC(=O)C1=C(C)NC(SCC(=O)Nc2ccc(C)c(C)c2)=C(C#N)[C@H]1c1ccc(Cl)cc1. The van der Waals surface area contributed by atoms with Crippen molar-refractivity contribution in [2.75, 3.05) is 17.7 Å².